The third-order valence-corrected chi connectivity index (χ3v) is 5.60. The molecule has 4 heteroatoms. The Kier molecular flexibility index (Phi) is 6.61. The molecule has 4 aromatic rings. The summed E-state index contributed by atoms with van der Waals surface area (Å²) in [4.78, 5) is 15.7. The van der Waals surface area contributed by atoms with Gasteiger partial charge >= 0.3 is 0 Å². The number of carbonyl (C=O) groups excluding carboxylic acids is 1. The zero-order valence-corrected chi connectivity index (χ0v) is 18.3. The molecule has 0 aliphatic rings. The molecule has 0 amide bonds. The van der Waals surface area contributed by atoms with Gasteiger partial charge < -0.3 is 10.1 Å². The van der Waals surface area contributed by atoms with E-state index in [1.165, 1.54) is 22.3 Å². The minimum Gasteiger partial charge on any atom is -0.488 e. The number of rotatable bonds is 8. The molecule has 0 aliphatic heterocycles. The number of nitrogens with one attached hydrogen (secondary N) is 1. The highest BCUT2D eigenvalue weighted by Gasteiger charge is 2.11. The smallest absolute Gasteiger partial charge is 0.153 e. The topological polar surface area (TPSA) is 51.2 Å². The first-order valence-corrected chi connectivity index (χ1v) is 10.6. The van der Waals surface area contributed by atoms with Crippen molar-refractivity contribution in [2.24, 2.45) is 0 Å². The van der Waals surface area contributed by atoms with Crippen LogP contribution in [0, 0.1) is 13.8 Å². The Balaban J connectivity index is 1.54. The third-order valence-electron chi connectivity index (χ3n) is 5.60. The minimum atomic E-state index is 0.357. The predicted octanol–water partition coefficient (Wildman–Crippen LogP) is 6.37. The average Bonchev–Trinajstić information content (AvgIpc) is 2.84. The van der Waals surface area contributed by atoms with E-state index in [1.54, 1.807) is 12.4 Å². The summed E-state index contributed by atoms with van der Waals surface area (Å²) in [6.07, 6.45) is 4.32. The number of aryl methyl sites for hydroxylation is 1. The summed E-state index contributed by atoms with van der Waals surface area (Å²) in [5.74, 6) is 0.562. The van der Waals surface area contributed by atoms with Gasteiger partial charge in [0.2, 0.25) is 0 Å². The van der Waals surface area contributed by atoms with E-state index in [2.05, 4.69) is 59.7 Å². The highest BCUT2D eigenvalue weighted by atomic mass is 16.5. The zero-order valence-electron chi connectivity index (χ0n) is 18.3. The molecule has 0 saturated heterocycles. The molecule has 0 atom stereocenters. The molecular formula is C28H26N2O2. The summed E-state index contributed by atoms with van der Waals surface area (Å²) < 4.78 is 5.95. The van der Waals surface area contributed by atoms with Gasteiger partial charge in [-0.15, -0.1) is 0 Å². The average molecular weight is 423 g/mol. The van der Waals surface area contributed by atoms with E-state index in [9.17, 15) is 4.79 Å². The molecule has 3 aromatic carbocycles. The number of aldehydes is 1. The molecule has 1 aromatic heterocycles. The molecule has 0 radical (unpaired) electrons. The van der Waals surface area contributed by atoms with Gasteiger partial charge in [-0.05, 0) is 53.8 Å². The van der Waals surface area contributed by atoms with Gasteiger partial charge in [-0.1, -0.05) is 54.6 Å². The van der Waals surface area contributed by atoms with Gasteiger partial charge in [-0.2, -0.15) is 0 Å². The normalized spacial score (nSPS) is 10.6. The molecule has 1 heterocycles. The van der Waals surface area contributed by atoms with Gasteiger partial charge in [0.25, 0.3) is 0 Å². The summed E-state index contributed by atoms with van der Waals surface area (Å²) >= 11 is 0. The fourth-order valence-electron chi connectivity index (χ4n) is 3.76. The first-order valence-electron chi connectivity index (χ1n) is 10.6. The lowest BCUT2D eigenvalue weighted by atomic mass is 9.96. The van der Waals surface area contributed by atoms with E-state index in [-0.39, 0.29) is 0 Å². The van der Waals surface area contributed by atoms with Gasteiger partial charge in [0.1, 0.15) is 12.4 Å². The SMILES string of the molecule is Cc1cc(C=O)c(OCc2cccnc2)cc1NCc1cccc(-c2ccccc2)c1C. The number of carbonyl (C=O) groups is 1. The summed E-state index contributed by atoms with van der Waals surface area (Å²) in [7, 11) is 0. The van der Waals surface area contributed by atoms with Gasteiger partial charge in [-0.3, -0.25) is 9.78 Å². The Morgan fingerprint density at radius 2 is 1.81 bits per heavy atom. The van der Waals surface area contributed by atoms with E-state index < -0.39 is 0 Å². The standard InChI is InChI=1S/C28H26N2O2/c1-20-14-25(18-31)28(32-19-22-8-7-13-29-16-22)15-27(20)30-17-24-11-6-12-26(21(24)2)23-9-4-3-5-10-23/h3-16,18,30H,17,19H2,1-2H3. The van der Waals surface area contributed by atoms with Gasteiger partial charge in [0.15, 0.2) is 6.29 Å². The lowest BCUT2D eigenvalue weighted by molar-refractivity contribution is 0.111. The van der Waals surface area contributed by atoms with Crippen molar-refractivity contribution >= 4 is 12.0 Å². The molecule has 0 saturated carbocycles. The number of hydrogen-bond acceptors (Lipinski definition) is 4. The summed E-state index contributed by atoms with van der Waals surface area (Å²) in [5, 5.41) is 3.53. The van der Waals surface area contributed by atoms with Gasteiger partial charge in [0, 0.05) is 36.3 Å². The van der Waals surface area contributed by atoms with Crippen LogP contribution in [0.5, 0.6) is 5.75 Å². The van der Waals surface area contributed by atoms with Crippen LogP contribution in [0.25, 0.3) is 11.1 Å². The quantitative estimate of drug-likeness (QED) is 0.335. The summed E-state index contributed by atoms with van der Waals surface area (Å²) in [6.45, 7) is 5.18. The number of pyridine rings is 1. The molecule has 1 N–H and O–H groups in total. The van der Waals surface area contributed by atoms with Crippen molar-refractivity contribution in [2.45, 2.75) is 27.0 Å². The Morgan fingerprint density at radius 1 is 0.969 bits per heavy atom. The minimum absolute atomic E-state index is 0.357. The van der Waals surface area contributed by atoms with Crippen molar-refractivity contribution in [3.8, 4) is 16.9 Å². The number of hydrogen-bond donors (Lipinski definition) is 1. The molecule has 32 heavy (non-hydrogen) atoms. The Labute approximate surface area is 188 Å². The Bertz CT molecular complexity index is 1210. The summed E-state index contributed by atoms with van der Waals surface area (Å²) in [5.41, 5.74) is 8.36. The monoisotopic (exact) mass is 422 g/mol. The number of aromatic nitrogens is 1. The van der Waals surface area contributed by atoms with Crippen molar-refractivity contribution in [2.75, 3.05) is 5.32 Å². The van der Waals surface area contributed by atoms with E-state index in [0.29, 0.717) is 24.5 Å². The van der Waals surface area contributed by atoms with Gasteiger partial charge in [0.05, 0.1) is 5.56 Å². The molecule has 0 spiro atoms. The second-order valence-electron chi connectivity index (χ2n) is 7.78. The number of anilines is 1. The lowest BCUT2D eigenvalue weighted by Crippen LogP contribution is -2.06. The van der Waals surface area contributed by atoms with Crippen LogP contribution in [-0.4, -0.2) is 11.3 Å². The zero-order chi connectivity index (χ0) is 22.3. The maximum atomic E-state index is 11.6. The second-order valence-corrected chi connectivity index (χ2v) is 7.78. The first-order chi connectivity index (χ1) is 15.7. The highest BCUT2D eigenvalue weighted by Crippen LogP contribution is 2.29. The maximum absolute atomic E-state index is 11.6. The largest absolute Gasteiger partial charge is 0.488 e. The van der Waals surface area contributed by atoms with Crippen molar-refractivity contribution in [3.05, 3.63) is 113 Å². The lowest BCUT2D eigenvalue weighted by Gasteiger charge is -2.16. The van der Waals surface area contributed by atoms with Crippen LogP contribution in [0.3, 0.4) is 0 Å². The number of nitrogens with zero attached hydrogens (tertiary/aromatic N) is 1. The fraction of sp³-hybridized carbons (Fsp3) is 0.143. The molecule has 0 unspecified atom stereocenters. The molecule has 0 aliphatic carbocycles. The second kappa shape index (κ2) is 9.92. The van der Waals surface area contributed by atoms with Gasteiger partial charge in [-0.25, -0.2) is 0 Å². The molecule has 0 fully saturated rings. The highest BCUT2D eigenvalue weighted by molar-refractivity contribution is 5.82. The van der Waals surface area contributed by atoms with Crippen LogP contribution in [-0.2, 0) is 13.2 Å². The molecule has 160 valence electrons. The Hall–Kier alpha value is -3.92. The van der Waals surface area contributed by atoms with Crippen LogP contribution in [0.15, 0.2) is 85.2 Å². The number of ether oxygens (including phenoxy) is 1. The Morgan fingerprint density at radius 3 is 2.56 bits per heavy atom. The maximum Gasteiger partial charge on any atom is 0.153 e. The van der Waals surface area contributed by atoms with Crippen LogP contribution in [0.1, 0.15) is 32.6 Å². The molecule has 4 rings (SSSR count). The van der Waals surface area contributed by atoms with Crippen molar-refractivity contribution in [1.29, 1.82) is 0 Å². The van der Waals surface area contributed by atoms with Crippen LogP contribution >= 0.6 is 0 Å². The van der Waals surface area contributed by atoms with Crippen LogP contribution in [0.4, 0.5) is 5.69 Å². The van der Waals surface area contributed by atoms with Crippen molar-refractivity contribution < 1.29 is 9.53 Å². The summed E-state index contributed by atoms with van der Waals surface area (Å²) in [6, 6.07) is 24.4. The van der Waals surface area contributed by atoms with Crippen molar-refractivity contribution in [1.82, 2.24) is 4.98 Å². The number of benzene rings is 3. The van der Waals surface area contributed by atoms with E-state index >= 15 is 0 Å². The molecular weight excluding hydrogens is 396 g/mol. The molecule has 4 nitrogen and oxygen atoms in total. The van der Waals surface area contributed by atoms with Crippen molar-refractivity contribution in [3.63, 3.8) is 0 Å². The van der Waals surface area contributed by atoms with Crippen LogP contribution < -0.4 is 10.1 Å². The van der Waals surface area contributed by atoms with E-state index in [0.717, 1.165) is 23.1 Å². The predicted molar refractivity (Wildman–Crippen MR) is 129 cm³/mol. The molecule has 0 bridgehead atoms. The third kappa shape index (κ3) is 4.86. The fourth-order valence-corrected chi connectivity index (χ4v) is 3.76. The van der Waals surface area contributed by atoms with E-state index in [4.69, 9.17) is 4.74 Å². The first kappa shape index (κ1) is 21.3. The van der Waals surface area contributed by atoms with E-state index in [1.807, 2.05) is 37.3 Å². The van der Waals surface area contributed by atoms with Crippen LogP contribution in [0.2, 0.25) is 0 Å².